The van der Waals surface area contributed by atoms with E-state index in [1.807, 2.05) is 88.4 Å². The van der Waals surface area contributed by atoms with E-state index in [-0.39, 0.29) is 41.5 Å². The van der Waals surface area contributed by atoms with Gasteiger partial charge in [-0.05, 0) is 45.2 Å². The molecule has 0 spiro atoms. The zero-order valence-electron chi connectivity index (χ0n) is 26.1. The van der Waals surface area contributed by atoms with Crippen molar-refractivity contribution < 1.29 is 33.8 Å². The van der Waals surface area contributed by atoms with Crippen molar-refractivity contribution in [1.82, 2.24) is 14.7 Å². The molecule has 0 aromatic heterocycles. The van der Waals surface area contributed by atoms with Crippen LogP contribution in [0, 0.1) is 11.8 Å². The normalized spacial score (nSPS) is 25.3. The minimum Gasteiger partial charge on any atom is -0.448 e. The lowest BCUT2D eigenvalue weighted by Gasteiger charge is -2.46. The second-order valence-electron chi connectivity index (χ2n) is 12.7. The van der Waals surface area contributed by atoms with E-state index in [0.29, 0.717) is 17.9 Å². The zero-order valence-corrected chi connectivity index (χ0v) is 27.8. The monoisotopic (exact) mass is 655 g/mol. The van der Waals surface area contributed by atoms with Gasteiger partial charge in [0.2, 0.25) is 5.91 Å². The highest BCUT2D eigenvalue weighted by atomic mass is 32.2. The molecular formula is C33H41N3O7S2. The largest absolute Gasteiger partial charge is 0.448 e. The molecule has 2 fully saturated rings. The summed E-state index contributed by atoms with van der Waals surface area (Å²) in [6.45, 7) is 9.56. The van der Waals surface area contributed by atoms with Crippen molar-refractivity contribution in [2.24, 2.45) is 11.8 Å². The lowest BCUT2D eigenvalue weighted by Crippen LogP contribution is -2.63. The van der Waals surface area contributed by atoms with E-state index in [1.54, 1.807) is 11.8 Å². The number of aliphatic hydroxyl groups is 1. The first-order chi connectivity index (χ1) is 21.4. The topological polar surface area (TPSA) is 118 Å². The summed E-state index contributed by atoms with van der Waals surface area (Å²) in [5.74, 6) is -1.76. The first-order valence-electron chi connectivity index (χ1n) is 15.1. The molecule has 3 aliphatic heterocycles. The Morgan fingerprint density at radius 2 is 1.69 bits per heavy atom. The number of thiol groups is 1. The highest BCUT2D eigenvalue weighted by Gasteiger charge is 2.60. The molecule has 0 saturated carbocycles. The quantitative estimate of drug-likeness (QED) is 0.143. The molecule has 0 radical (unpaired) electrons. The van der Waals surface area contributed by atoms with Crippen molar-refractivity contribution in [2.75, 3.05) is 13.2 Å². The molecule has 242 valence electrons. The van der Waals surface area contributed by atoms with Crippen molar-refractivity contribution >= 4 is 42.5 Å². The average molecular weight is 656 g/mol. The Hall–Kier alpha value is -3.03. The van der Waals surface area contributed by atoms with Gasteiger partial charge in [0, 0.05) is 22.6 Å². The fraction of sp³-hybridized carbons (Fsp3) is 0.485. The lowest BCUT2D eigenvalue weighted by molar-refractivity contribution is -0.165. The Morgan fingerprint density at radius 1 is 1.09 bits per heavy atom. The van der Waals surface area contributed by atoms with Crippen LogP contribution in [-0.4, -0.2) is 75.1 Å². The van der Waals surface area contributed by atoms with Gasteiger partial charge in [0.1, 0.15) is 11.3 Å². The number of hydrogen-bond acceptors (Lipinski definition) is 10. The van der Waals surface area contributed by atoms with E-state index in [9.17, 15) is 19.5 Å². The molecule has 0 unspecified atom stereocenters. The SMILES string of the molecule is C[C@@H](O)[C@H]1C(=O)N2C(C(=O)OC(c3ccccc3)c3ccccc3)=C(S[C@H]3C[C@H](CONS)N(C(=O)OC(C)(C)C)C3)[C@H](C)[C@H]12. The zero-order chi connectivity index (χ0) is 32.5. The molecule has 0 aliphatic carbocycles. The number of carbonyl (C=O) groups excluding carboxylic acids is 3. The first kappa shape index (κ1) is 33.3. The summed E-state index contributed by atoms with van der Waals surface area (Å²) < 4.78 is 11.9. The van der Waals surface area contributed by atoms with Gasteiger partial charge in [0.25, 0.3) is 0 Å². The van der Waals surface area contributed by atoms with E-state index in [1.165, 1.54) is 16.7 Å². The van der Waals surface area contributed by atoms with Gasteiger partial charge in [-0.25, -0.2) is 9.59 Å². The fourth-order valence-corrected chi connectivity index (χ4v) is 8.03. The summed E-state index contributed by atoms with van der Waals surface area (Å²) in [6.07, 6.45) is -1.45. The van der Waals surface area contributed by atoms with Crippen LogP contribution in [0.3, 0.4) is 0 Å². The Labute approximate surface area is 274 Å². The van der Waals surface area contributed by atoms with Crippen LogP contribution < -0.4 is 4.89 Å². The number of hydrogen-bond donors (Lipinski definition) is 3. The number of nitrogens with zero attached hydrogens (tertiary/aromatic N) is 2. The van der Waals surface area contributed by atoms with Crippen molar-refractivity contribution in [3.63, 3.8) is 0 Å². The van der Waals surface area contributed by atoms with E-state index in [2.05, 4.69) is 17.7 Å². The van der Waals surface area contributed by atoms with Gasteiger partial charge >= 0.3 is 12.1 Å². The van der Waals surface area contributed by atoms with E-state index < -0.39 is 35.8 Å². The summed E-state index contributed by atoms with van der Waals surface area (Å²) in [5.41, 5.74) is 1.13. The fourth-order valence-electron chi connectivity index (χ4n) is 6.39. The number of fused-ring (bicyclic) bond motifs is 1. The van der Waals surface area contributed by atoms with Crippen LogP contribution in [-0.2, 0) is 23.9 Å². The number of aliphatic hydroxyl groups excluding tert-OH is 1. The smallest absolute Gasteiger partial charge is 0.410 e. The highest BCUT2D eigenvalue weighted by Crippen LogP contribution is 2.53. The molecule has 2 amide bonds. The number of β-lactam (4-membered cyclic amide) rings is 1. The molecule has 12 heteroatoms. The number of ether oxygens (including phenoxy) is 2. The van der Waals surface area contributed by atoms with Crippen LogP contribution in [0.4, 0.5) is 4.79 Å². The third-order valence-corrected chi connectivity index (χ3v) is 9.99. The summed E-state index contributed by atoms with van der Waals surface area (Å²) in [6, 6.07) is 18.3. The number of thioether (sulfide) groups is 1. The minimum absolute atomic E-state index is 0.121. The van der Waals surface area contributed by atoms with Crippen molar-refractivity contribution in [3.05, 3.63) is 82.4 Å². The van der Waals surface area contributed by atoms with Gasteiger partial charge in [-0.15, -0.1) is 16.6 Å². The van der Waals surface area contributed by atoms with Crippen molar-refractivity contribution in [2.45, 2.75) is 76.2 Å². The van der Waals surface area contributed by atoms with Crippen LogP contribution >= 0.6 is 24.6 Å². The molecule has 2 aromatic carbocycles. The molecule has 2 aromatic rings. The number of nitrogens with one attached hydrogen (secondary N) is 1. The maximum atomic E-state index is 14.2. The lowest BCUT2D eigenvalue weighted by atomic mass is 9.79. The molecule has 0 bridgehead atoms. The summed E-state index contributed by atoms with van der Waals surface area (Å²) in [7, 11) is 0. The number of benzene rings is 2. The van der Waals surface area contributed by atoms with E-state index >= 15 is 0 Å². The highest BCUT2D eigenvalue weighted by molar-refractivity contribution is 8.03. The van der Waals surface area contributed by atoms with Crippen LogP contribution in [0.25, 0.3) is 0 Å². The second kappa shape index (κ2) is 13.8. The average Bonchev–Trinajstić information content (AvgIpc) is 3.51. The van der Waals surface area contributed by atoms with Gasteiger partial charge in [-0.2, -0.15) is 0 Å². The van der Waals surface area contributed by atoms with E-state index in [4.69, 9.17) is 14.3 Å². The Kier molecular flexibility index (Phi) is 10.2. The maximum Gasteiger partial charge on any atom is 0.410 e. The number of esters is 1. The van der Waals surface area contributed by atoms with Crippen molar-refractivity contribution in [1.29, 1.82) is 0 Å². The predicted molar refractivity (Wildman–Crippen MR) is 174 cm³/mol. The molecule has 2 N–H and O–H groups in total. The molecule has 6 atom stereocenters. The molecule has 45 heavy (non-hydrogen) atoms. The summed E-state index contributed by atoms with van der Waals surface area (Å²) >= 11 is 5.39. The number of rotatable bonds is 10. The van der Waals surface area contributed by atoms with Crippen molar-refractivity contribution in [3.8, 4) is 0 Å². The number of carbonyl (C=O) groups is 3. The molecule has 3 heterocycles. The maximum absolute atomic E-state index is 14.2. The molecule has 3 aliphatic rings. The molecule has 2 saturated heterocycles. The van der Waals surface area contributed by atoms with E-state index in [0.717, 1.165) is 11.1 Å². The van der Waals surface area contributed by atoms with Gasteiger partial charge in [0.15, 0.2) is 6.10 Å². The Balaban J connectivity index is 1.46. The molecule has 10 nitrogen and oxygen atoms in total. The van der Waals surface area contributed by atoms with Crippen LogP contribution in [0.5, 0.6) is 0 Å². The van der Waals surface area contributed by atoms with Crippen LogP contribution in [0.1, 0.15) is 58.3 Å². The summed E-state index contributed by atoms with van der Waals surface area (Å²) in [5, 5.41) is 10.4. The Bertz CT molecular complexity index is 1380. The number of amides is 2. The standard InChI is InChI=1S/C33H41N3O7S2/c1-19-26-25(20(2)37)30(38)36(26)27(31(39)42-28(21-12-8-6-9-13-21)22-14-10-7-11-15-22)29(19)45-24-16-23(18-41-34-44)35(17-24)32(40)43-33(3,4)5/h6-15,19-20,23-26,28,34,37,44H,16-18H2,1-5H3/t19-,20-,23-,24+,25-,26-/m1/s1. The van der Waals surface area contributed by atoms with Gasteiger partial charge in [0.05, 0.1) is 30.7 Å². The first-order valence-corrected chi connectivity index (χ1v) is 16.5. The Morgan fingerprint density at radius 3 is 2.22 bits per heavy atom. The molecule has 5 rings (SSSR count). The van der Waals surface area contributed by atoms with Gasteiger partial charge < -0.3 is 24.4 Å². The molecular weight excluding hydrogens is 615 g/mol. The van der Waals surface area contributed by atoms with Gasteiger partial charge in [-0.3, -0.25) is 9.63 Å². The third-order valence-electron chi connectivity index (χ3n) is 8.37. The van der Waals surface area contributed by atoms with Gasteiger partial charge in [-0.1, -0.05) is 80.4 Å². The second-order valence-corrected chi connectivity index (χ2v) is 14.3. The van der Waals surface area contributed by atoms with Crippen LogP contribution in [0.15, 0.2) is 71.3 Å². The predicted octanol–water partition coefficient (Wildman–Crippen LogP) is 4.87. The summed E-state index contributed by atoms with van der Waals surface area (Å²) in [4.78, 5) is 52.4. The van der Waals surface area contributed by atoms with Crippen LogP contribution in [0.2, 0.25) is 0 Å². The third kappa shape index (κ3) is 7.05. The number of likely N-dealkylation sites (tertiary alicyclic amines) is 1. The minimum atomic E-state index is -0.867.